The number of nitrogens with one attached hydrogen (secondary N) is 2. The summed E-state index contributed by atoms with van der Waals surface area (Å²) in [7, 11) is 1.91. The Morgan fingerprint density at radius 1 is 1.48 bits per heavy atom. The molecular weight excluding hydrogens is 264 g/mol. The third-order valence-electron chi connectivity index (χ3n) is 5.06. The second kappa shape index (κ2) is 5.79. The van der Waals surface area contributed by atoms with E-state index < -0.39 is 0 Å². The molecule has 0 aromatic carbocycles. The molecule has 1 spiro atoms. The molecule has 2 N–H and O–H groups in total. The van der Waals surface area contributed by atoms with Gasteiger partial charge >= 0.3 is 0 Å². The number of carbonyl (C=O) groups excluding carboxylic acids is 1. The lowest BCUT2D eigenvalue weighted by molar-refractivity contribution is -0.132. The molecule has 1 aromatic heterocycles. The third-order valence-corrected chi connectivity index (χ3v) is 5.06. The Hall–Kier alpha value is -1.36. The Bertz CT molecular complexity index is 504. The molecule has 2 fully saturated rings. The highest BCUT2D eigenvalue weighted by Crippen LogP contribution is 2.59. The second-order valence-electron chi connectivity index (χ2n) is 6.70. The highest BCUT2D eigenvalue weighted by molar-refractivity contribution is 5.82. The Kier molecular flexibility index (Phi) is 4.02. The highest BCUT2D eigenvalue weighted by atomic mass is 16.2. The summed E-state index contributed by atoms with van der Waals surface area (Å²) >= 11 is 0. The van der Waals surface area contributed by atoms with E-state index in [2.05, 4.69) is 28.5 Å². The number of aryl methyl sites for hydroxylation is 1. The number of hydrogen-bond acceptors (Lipinski definition) is 3. The second-order valence-corrected chi connectivity index (χ2v) is 6.70. The standard InChI is InChI=1S/C16H26N4O/c1-3-4-12-9-13(19-18-12)11-20(2)15(21)14-10-16(14)5-7-17-8-6-16/h9,14,17H,3-8,10-11H2,1-2H3,(H,18,19)/t14-/m0/s1. The van der Waals surface area contributed by atoms with E-state index in [1.165, 1.54) is 0 Å². The van der Waals surface area contributed by atoms with E-state index in [4.69, 9.17) is 0 Å². The van der Waals surface area contributed by atoms with Crippen molar-refractivity contribution < 1.29 is 4.79 Å². The van der Waals surface area contributed by atoms with Gasteiger partial charge in [-0.2, -0.15) is 5.10 Å². The molecule has 2 aliphatic rings. The van der Waals surface area contributed by atoms with Gasteiger partial charge in [0.05, 0.1) is 17.9 Å². The van der Waals surface area contributed by atoms with E-state index in [9.17, 15) is 4.79 Å². The van der Waals surface area contributed by atoms with Gasteiger partial charge in [0.2, 0.25) is 5.91 Å². The number of nitrogens with zero attached hydrogens (tertiary/aromatic N) is 2. The molecule has 1 aliphatic carbocycles. The topological polar surface area (TPSA) is 61.0 Å². The van der Waals surface area contributed by atoms with Gasteiger partial charge in [-0.25, -0.2) is 0 Å². The number of hydrogen-bond donors (Lipinski definition) is 2. The first-order valence-corrected chi connectivity index (χ1v) is 8.13. The van der Waals surface area contributed by atoms with Crippen LogP contribution in [0.5, 0.6) is 0 Å². The van der Waals surface area contributed by atoms with Crippen LogP contribution in [-0.4, -0.2) is 41.1 Å². The Balaban J connectivity index is 1.55. The monoisotopic (exact) mass is 290 g/mol. The number of aromatic nitrogens is 2. The zero-order chi connectivity index (χ0) is 14.9. The molecule has 1 aromatic rings. The summed E-state index contributed by atoms with van der Waals surface area (Å²) in [4.78, 5) is 14.5. The maximum absolute atomic E-state index is 12.6. The van der Waals surface area contributed by atoms with Gasteiger partial charge in [0.25, 0.3) is 0 Å². The molecule has 1 saturated carbocycles. The molecule has 0 unspecified atom stereocenters. The number of piperidine rings is 1. The van der Waals surface area contributed by atoms with Gasteiger partial charge in [0.15, 0.2) is 0 Å². The molecule has 1 amide bonds. The van der Waals surface area contributed by atoms with Gasteiger partial charge in [-0.05, 0) is 50.3 Å². The highest BCUT2D eigenvalue weighted by Gasteiger charge is 2.58. The molecule has 1 saturated heterocycles. The average Bonchev–Trinajstić information content (AvgIpc) is 2.97. The zero-order valence-corrected chi connectivity index (χ0v) is 13.1. The van der Waals surface area contributed by atoms with Crippen molar-refractivity contribution in [2.45, 2.75) is 45.6 Å². The molecular formula is C16H26N4O. The predicted octanol–water partition coefficient (Wildman–Crippen LogP) is 1.71. The number of carbonyl (C=O) groups is 1. The van der Waals surface area contributed by atoms with Crippen molar-refractivity contribution in [3.8, 4) is 0 Å². The van der Waals surface area contributed by atoms with Crippen molar-refractivity contribution in [2.75, 3.05) is 20.1 Å². The van der Waals surface area contributed by atoms with Crippen molar-refractivity contribution in [3.05, 3.63) is 17.5 Å². The lowest BCUT2D eigenvalue weighted by atomic mass is 9.91. The van der Waals surface area contributed by atoms with Gasteiger partial charge in [0.1, 0.15) is 0 Å². The summed E-state index contributed by atoms with van der Waals surface area (Å²) in [5.41, 5.74) is 2.45. The molecule has 5 heteroatoms. The van der Waals surface area contributed by atoms with E-state index >= 15 is 0 Å². The van der Waals surface area contributed by atoms with Crippen LogP contribution in [0.15, 0.2) is 6.07 Å². The summed E-state index contributed by atoms with van der Waals surface area (Å²) in [5, 5.41) is 10.7. The van der Waals surface area contributed by atoms with Gasteiger partial charge in [-0.3, -0.25) is 9.89 Å². The summed E-state index contributed by atoms with van der Waals surface area (Å²) in [6, 6.07) is 2.08. The van der Waals surface area contributed by atoms with Crippen molar-refractivity contribution in [1.82, 2.24) is 20.4 Å². The van der Waals surface area contributed by atoms with Gasteiger partial charge in [0, 0.05) is 13.0 Å². The molecule has 3 rings (SSSR count). The summed E-state index contributed by atoms with van der Waals surface area (Å²) < 4.78 is 0. The van der Waals surface area contributed by atoms with Crippen LogP contribution in [0.25, 0.3) is 0 Å². The fourth-order valence-corrected chi connectivity index (χ4v) is 3.65. The first-order valence-electron chi connectivity index (χ1n) is 8.13. The van der Waals surface area contributed by atoms with E-state index in [-0.39, 0.29) is 5.92 Å². The lowest BCUT2D eigenvalue weighted by Gasteiger charge is -2.25. The van der Waals surface area contributed by atoms with Gasteiger partial charge in [-0.1, -0.05) is 13.3 Å². The first kappa shape index (κ1) is 14.6. The number of amides is 1. The SMILES string of the molecule is CCCc1cc(CN(C)C(=O)[C@@H]2CC23CCNCC3)[nH]n1. The summed E-state index contributed by atoms with van der Waals surface area (Å²) in [6.07, 6.45) is 5.48. The number of rotatable bonds is 5. The molecule has 0 bridgehead atoms. The van der Waals surface area contributed by atoms with Crippen LogP contribution in [0.4, 0.5) is 0 Å². The van der Waals surface area contributed by atoms with Crippen molar-refractivity contribution in [2.24, 2.45) is 11.3 Å². The van der Waals surface area contributed by atoms with Crippen LogP contribution in [-0.2, 0) is 17.8 Å². The maximum atomic E-state index is 12.6. The van der Waals surface area contributed by atoms with Crippen LogP contribution in [0.1, 0.15) is 44.0 Å². The van der Waals surface area contributed by atoms with Crippen LogP contribution >= 0.6 is 0 Å². The minimum absolute atomic E-state index is 0.252. The van der Waals surface area contributed by atoms with E-state index in [0.29, 0.717) is 17.9 Å². The molecule has 5 nitrogen and oxygen atoms in total. The van der Waals surface area contributed by atoms with Crippen LogP contribution in [0.3, 0.4) is 0 Å². The summed E-state index contributed by atoms with van der Waals surface area (Å²) in [5.74, 6) is 0.561. The van der Waals surface area contributed by atoms with Crippen molar-refractivity contribution in [3.63, 3.8) is 0 Å². The Labute approximate surface area is 126 Å². The third kappa shape index (κ3) is 2.98. The molecule has 0 radical (unpaired) electrons. The quantitative estimate of drug-likeness (QED) is 0.868. The van der Waals surface area contributed by atoms with Crippen molar-refractivity contribution >= 4 is 5.91 Å². The number of H-pyrrole nitrogens is 1. The normalized spacial score (nSPS) is 23.2. The minimum Gasteiger partial charge on any atom is -0.340 e. The number of aromatic amines is 1. The van der Waals surface area contributed by atoms with E-state index in [1.54, 1.807) is 0 Å². The van der Waals surface area contributed by atoms with E-state index in [1.807, 2.05) is 11.9 Å². The molecule has 2 heterocycles. The molecule has 1 aliphatic heterocycles. The first-order chi connectivity index (χ1) is 10.1. The van der Waals surface area contributed by atoms with Crippen LogP contribution < -0.4 is 5.32 Å². The maximum Gasteiger partial charge on any atom is 0.226 e. The summed E-state index contributed by atoms with van der Waals surface area (Å²) in [6.45, 7) is 4.92. The van der Waals surface area contributed by atoms with Crippen molar-refractivity contribution in [1.29, 1.82) is 0 Å². The zero-order valence-electron chi connectivity index (χ0n) is 13.1. The van der Waals surface area contributed by atoms with Gasteiger partial charge < -0.3 is 10.2 Å². The Morgan fingerprint density at radius 2 is 2.24 bits per heavy atom. The molecule has 116 valence electrons. The fraction of sp³-hybridized carbons (Fsp3) is 0.750. The minimum atomic E-state index is 0.252. The van der Waals surface area contributed by atoms with E-state index in [0.717, 1.165) is 56.6 Å². The average molecular weight is 290 g/mol. The van der Waals surface area contributed by atoms with Crippen LogP contribution in [0.2, 0.25) is 0 Å². The smallest absolute Gasteiger partial charge is 0.226 e. The van der Waals surface area contributed by atoms with Crippen LogP contribution in [0, 0.1) is 11.3 Å². The fourth-order valence-electron chi connectivity index (χ4n) is 3.65. The van der Waals surface area contributed by atoms with Gasteiger partial charge in [-0.15, -0.1) is 0 Å². The largest absolute Gasteiger partial charge is 0.340 e. The Morgan fingerprint density at radius 3 is 2.95 bits per heavy atom. The predicted molar refractivity (Wildman–Crippen MR) is 81.7 cm³/mol. The molecule has 21 heavy (non-hydrogen) atoms. The lowest BCUT2D eigenvalue weighted by Crippen LogP contribution is -2.34. The molecule has 1 atom stereocenters.